The number of benzene rings is 1. The number of carbonyl (C=O) groups is 2. The fraction of sp³-hybridized carbons (Fsp3) is 0.250. The van der Waals surface area contributed by atoms with Gasteiger partial charge in [-0.3, -0.25) is 9.59 Å². The van der Waals surface area contributed by atoms with Gasteiger partial charge >= 0.3 is 5.97 Å². The van der Waals surface area contributed by atoms with Gasteiger partial charge in [0.15, 0.2) is 17.8 Å². The van der Waals surface area contributed by atoms with Gasteiger partial charge in [-0.2, -0.15) is 0 Å². The highest BCUT2D eigenvalue weighted by Gasteiger charge is 2.11. The summed E-state index contributed by atoms with van der Waals surface area (Å²) in [7, 11) is 1.30. The summed E-state index contributed by atoms with van der Waals surface area (Å²) in [4.78, 5) is 26.6. The number of hydrogen-bond donors (Lipinski definition) is 0. The van der Waals surface area contributed by atoms with Crippen LogP contribution >= 0.6 is 0 Å². The predicted octanol–water partition coefficient (Wildman–Crippen LogP) is 1.96. The van der Waals surface area contributed by atoms with Crippen LogP contribution in [0.4, 0.5) is 0 Å². The Labute approximate surface area is 97.4 Å². The molecule has 1 aromatic carbocycles. The molecule has 0 atom stereocenters. The highest BCUT2D eigenvalue weighted by Crippen LogP contribution is 2.16. The third kappa shape index (κ3) is 2.50. The van der Waals surface area contributed by atoms with Crippen LogP contribution in [0.2, 0.25) is 0 Å². The number of ether oxygens (including phenoxy) is 1. The zero-order valence-corrected chi connectivity index (χ0v) is 9.30. The van der Waals surface area contributed by atoms with Crippen LogP contribution in [-0.4, -0.2) is 23.8 Å². The zero-order valence-electron chi connectivity index (χ0n) is 9.30. The second kappa shape index (κ2) is 4.78. The molecule has 0 radical (unpaired) electrons. The van der Waals surface area contributed by atoms with Crippen molar-refractivity contribution in [3.8, 4) is 0 Å². The van der Waals surface area contributed by atoms with E-state index in [2.05, 4.69) is 9.72 Å². The predicted molar refractivity (Wildman–Crippen MR) is 59.6 cm³/mol. The van der Waals surface area contributed by atoms with Crippen molar-refractivity contribution in [2.24, 2.45) is 0 Å². The summed E-state index contributed by atoms with van der Waals surface area (Å²) in [5.41, 5.74) is 1.78. The van der Waals surface area contributed by atoms with E-state index in [4.69, 9.17) is 4.42 Å². The van der Waals surface area contributed by atoms with Crippen molar-refractivity contribution < 1.29 is 18.7 Å². The monoisotopic (exact) mass is 233 g/mol. The molecule has 0 fully saturated rings. The summed E-state index contributed by atoms with van der Waals surface area (Å²) >= 11 is 0. The van der Waals surface area contributed by atoms with Gasteiger partial charge in [-0.1, -0.05) is 0 Å². The lowest BCUT2D eigenvalue weighted by atomic mass is 10.1. The average Bonchev–Trinajstić information content (AvgIpc) is 2.82. The van der Waals surface area contributed by atoms with Crippen molar-refractivity contribution in [1.29, 1.82) is 0 Å². The molecular weight excluding hydrogens is 222 g/mol. The topological polar surface area (TPSA) is 69.4 Å². The highest BCUT2D eigenvalue weighted by molar-refractivity contribution is 5.99. The number of methoxy groups -OCH3 is 1. The summed E-state index contributed by atoms with van der Waals surface area (Å²) < 4.78 is 9.58. The second-order valence-corrected chi connectivity index (χ2v) is 3.53. The molecule has 1 aromatic heterocycles. The quantitative estimate of drug-likeness (QED) is 0.596. The second-order valence-electron chi connectivity index (χ2n) is 3.53. The summed E-state index contributed by atoms with van der Waals surface area (Å²) in [6, 6.07) is 5.01. The Morgan fingerprint density at radius 3 is 2.94 bits per heavy atom. The van der Waals surface area contributed by atoms with Gasteiger partial charge in [0.25, 0.3) is 0 Å². The van der Waals surface area contributed by atoms with Crippen LogP contribution in [-0.2, 0) is 9.53 Å². The third-order valence-corrected chi connectivity index (χ3v) is 2.44. The summed E-state index contributed by atoms with van der Waals surface area (Å²) in [6.07, 6.45) is 1.55. The van der Waals surface area contributed by atoms with Crippen LogP contribution in [0.15, 0.2) is 29.0 Å². The Bertz CT molecular complexity index is 558. The van der Waals surface area contributed by atoms with Crippen molar-refractivity contribution in [2.45, 2.75) is 12.8 Å². The highest BCUT2D eigenvalue weighted by atomic mass is 16.5. The van der Waals surface area contributed by atoms with Crippen LogP contribution in [0.1, 0.15) is 23.2 Å². The Morgan fingerprint density at radius 1 is 1.35 bits per heavy atom. The van der Waals surface area contributed by atoms with Crippen molar-refractivity contribution in [2.75, 3.05) is 7.11 Å². The van der Waals surface area contributed by atoms with E-state index < -0.39 is 0 Å². The lowest BCUT2D eigenvalue weighted by Crippen LogP contribution is -2.05. The fourth-order valence-electron chi connectivity index (χ4n) is 1.49. The van der Waals surface area contributed by atoms with Crippen LogP contribution < -0.4 is 0 Å². The Kier molecular flexibility index (Phi) is 3.18. The molecule has 5 nitrogen and oxygen atoms in total. The van der Waals surface area contributed by atoms with Crippen LogP contribution in [0.25, 0.3) is 11.1 Å². The molecule has 0 aliphatic rings. The van der Waals surface area contributed by atoms with Crippen molar-refractivity contribution in [3.63, 3.8) is 0 Å². The Hall–Kier alpha value is -2.17. The number of oxazole rings is 1. The maximum absolute atomic E-state index is 11.8. The maximum Gasteiger partial charge on any atom is 0.305 e. The molecule has 0 aliphatic carbocycles. The summed E-state index contributed by atoms with van der Waals surface area (Å²) in [5, 5.41) is 0. The fourth-order valence-corrected chi connectivity index (χ4v) is 1.49. The molecule has 0 saturated carbocycles. The normalized spacial score (nSPS) is 10.4. The lowest BCUT2D eigenvalue weighted by molar-refractivity contribution is -0.140. The number of carbonyl (C=O) groups excluding carboxylic acids is 2. The molecule has 0 amide bonds. The first-order valence-corrected chi connectivity index (χ1v) is 5.14. The minimum atomic E-state index is -0.390. The van der Waals surface area contributed by atoms with Gasteiger partial charge in [-0.25, -0.2) is 4.98 Å². The van der Waals surface area contributed by atoms with Crippen molar-refractivity contribution in [1.82, 2.24) is 4.98 Å². The Morgan fingerprint density at radius 2 is 2.18 bits per heavy atom. The van der Waals surface area contributed by atoms with Gasteiger partial charge < -0.3 is 9.15 Å². The first kappa shape index (κ1) is 11.3. The zero-order chi connectivity index (χ0) is 12.3. The van der Waals surface area contributed by atoms with Crippen LogP contribution in [0.3, 0.4) is 0 Å². The van der Waals surface area contributed by atoms with E-state index in [1.807, 2.05) is 0 Å². The summed E-state index contributed by atoms with van der Waals surface area (Å²) in [5.74, 6) is -0.507. The SMILES string of the molecule is COC(=O)CCC(=O)c1ccc2ncoc2c1. The molecule has 88 valence electrons. The smallest absolute Gasteiger partial charge is 0.305 e. The number of Topliss-reactive ketones (excluding diaryl/α,β-unsaturated/α-hetero) is 1. The molecule has 0 unspecified atom stereocenters. The first-order chi connectivity index (χ1) is 8.20. The number of esters is 1. The van der Waals surface area contributed by atoms with Gasteiger partial charge in [-0.05, 0) is 18.2 Å². The molecule has 0 bridgehead atoms. The van der Waals surface area contributed by atoms with Gasteiger partial charge in [-0.15, -0.1) is 0 Å². The van der Waals surface area contributed by atoms with Gasteiger partial charge in [0, 0.05) is 12.0 Å². The number of hydrogen-bond acceptors (Lipinski definition) is 5. The Balaban J connectivity index is 2.10. The maximum atomic E-state index is 11.8. The lowest BCUT2D eigenvalue weighted by Gasteiger charge is -2.00. The van der Waals surface area contributed by atoms with Crippen molar-refractivity contribution in [3.05, 3.63) is 30.2 Å². The average molecular weight is 233 g/mol. The third-order valence-electron chi connectivity index (χ3n) is 2.44. The molecular formula is C12H11NO4. The largest absolute Gasteiger partial charge is 0.469 e. The molecule has 17 heavy (non-hydrogen) atoms. The molecule has 2 aromatic rings. The molecule has 1 heterocycles. The van der Waals surface area contributed by atoms with E-state index in [9.17, 15) is 9.59 Å². The van der Waals surface area contributed by atoms with E-state index >= 15 is 0 Å². The van der Waals surface area contributed by atoms with Gasteiger partial charge in [0.05, 0.1) is 13.5 Å². The minimum absolute atomic E-state index is 0.0871. The van der Waals surface area contributed by atoms with E-state index in [-0.39, 0.29) is 24.6 Å². The first-order valence-electron chi connectivity index (χ1n) is 5.14. The van der Waals surface area contributed by atoms with E-state index in [1.165, 1.54) is 13.5 Å². The molecule has 2 rings (SSSR count). The number of ketones is 1. The standard InChI is InChI=1S/C12H11NO4/c1-16-12(15)5-4-10(14)8-2-3-9-11(6-8)17-7-13-9/h2-3,6-7H,4-5H2,1H3. The molecule has 0 saturated heterocycles. The molecule has 0 aliphatic heterocycles. The molecule has 0 spiro atoms. The van der Waals surface area contributed by atoms with Gasteiger partial charge in [0.2, 0.25) is 0 Å². The number of aromatic nitrogens is 1. The van der Waals surface area contributed by atoms with E-state index in [1.54, 1.807) is 18.2 Å². The van der Waals surface area contributed by atoms with E-state index in [0.717, 1.165) is 0 Å². The number of nitrogens with zero attached hydrogens (tertiary/aromatic N) is 1. The van der Waals surface area contributed by atoms with Crippen LogP contribution in [0.5, 0.6) is 0 Å². The number of rotatable bonds is 4. The number of fused-ring (bicyclic) bond motifs is 1. The van der Waals surface area contributed by atoms with Crippen molar-refractivity contribution >= 4 is 22.9 Å². The van der Waals surface area contributed by atoms with Gasteiger partial charge in [0.1, 0.15) is 5.52 Å². The molecule has 0 N–H and O–H groups in total. The minimum Gasteiger partial charge on any atom is -0.469 e. The van der Waals surface area contributed by atoms with E-state index in [0.29, 0.717) is 16.7 Å². The molecule has 5 heteroatoms. The summed E-state index contributed by atoms with van der Waals surface area (Å²) in [6.45, 7) is 0. The van der Waals surface area contributed by atoms with Crippen LogP contribution in [0, 0.1) is 0 Å².